The maximum Gasteiger partial charge on any atom is 0.255 e. The molecular formula is C20H25N3O3S. The molecule has 0 aromatic heterocycles. The molecule has 1 aliphatic rings. The second-order valence-electron chi connectivity index (χ2n) is 6.96. The molecule has 1 heterocycles. The van der Waals surface area contributed by atoms with Gasteiger partial charge in [-0.3, -0.25) is 9.69 Å². The van der Waals surface area contributed by atoms with Gasteiger partial charge in [-0.15, -0.1) is 0 Å². The minimum atomic E-state index is -3.12. The summed E-state index contributed by atoms with van der Waals surface area (Å²) in [6.45, 7) is 5.07. The number of nitrogens with one attached hydrogen (secondary N) is 1. The predicted octanol–water partition coefficient (Wildman–Crippen LogP) is 2.32. The number of carbonyl (C=O) groups excluding carboxylic acids is 1. The highest BCUT2D eigenvalue weighted by molar-refractivity contribution is 7.88. The van der Waals surface area contributed by atoms with Crippen LogP contribution in [0, 0.1) is 6.92 Å². The van der Waals surface area contributed by atoms with E-state index in [4.69, 9.17) is 0 Å². The molecule has 2 aromatic rings. The van der Waals surface area contributed by atoms with Crippen LogP contribution in [0.2, 0.25) is 0 Å². The van der Waals surface area contributed by atoms with Gasteiger partial charge in [0, 0.05) is 44.0 Å². The van der Waals surface area contributed by atoms with Crippen LogP contribution in [-0.2, 0) is 16.6 Å². The molecular weight excluding hydrogens is 362 g/mol. The van der Waals surface area contributed by atoms with Crippen LogP contribution in [0.1, 0.15) is 21.5 Å². The zero-order valence-electron chi connectivity index (χ0n) is 15.7. The number of anilines is 1. The zero-order chi connectivity index (χ0) is 19.4. The van der Waals surface area contributed by atoms with E-state index in [-0.39, 0.29) is 5.91 Å². The smallest absolute Gasteiger partial charge is 0.255 e. The van der Waals surface area contributed by atoms with E-state index < -0.39 is 10.0 Å². The lowest BCUT2D eigenvalue weighted by molar-refractivity contribution is 0.102. The van der Waals surface area contributed by atoms with Crippen molar-refractivity contribution in [2.75, 3.05) is 37.8 Å². The lowest BCUT2D eigenvalue weighted by Crippen LogP contribution is -2.47. The quantitative estimate of drug-likeness (QED) is 0.855. The first-order valence-electron chi connectivity index (χ1n) is 8.96. The summed E-state index contributed by atoms with van der Waals surface area (Å²) in [5.41, 5.74) is 3.53. The third-order valence-electron chi connectivity index (χ3n) is 4.67. The lowest BCUT2D eigenvalue weighted by Gasteiger charge is -2.33. The number of rotatable bonds is 5. The van der Waals surface area contributed by atoms with Crippen LogP contribution in [0.5, 0.6) is 0 Å². The summed E-state index contributed by atoms with van der Waals surface area (Å²) in [5, 5.41) is 2.93. The standard InChI is InChI=1S/C20H25N3O3S/c1-16-5-3-8-19(13-16)21-20(24)18-7-4-6-17(14-18)15-22-9-11-23(12-10-22)27(2,25)26/h3-8,13-14H,9-12,15H2,1-2H3,(H,21,24). The molecule has 27 heavy (non-hydrogen) atoms. The molecule has 0 atom stereocenters. The number of aryl methyl sites for hydroxylation is 1. The molecule has 0 saturated carbocycles. The van der Waals surface area contributed by atoms with E-state index in [0.717, 1.165) is 16.8 Å². The van der Waals surface area contributed by atoms with Gasteiger partial charge in [0.2, 0.25) is 10.0 Å². The van der Waals surface area contributed by atoms with Crippen molar-refractivity contribution in [2.24, 2.45) is 0 Å². The lowest BCUT2D eigenvalue weighted by atomic mass is 10.1. The Hall–Kier alpha value is -2.22. The van der Waals surface area contributed by atoms with E-state index in [1.165, 1.54) is 10.6 Å². The Balaban J connectivity index is 1.61. The van der Waals surface area contributed by atoms with E-state index in [1.807, 2.05) is 49.4 Å². The van der Waals surface area contributed by atoms with Crippen molar-refractivity contribution in [3.8, 4) is 0 Å². The highest BCUT2D eigenvalue weighted by Gasteiger charge is 2.23. The van der Waals surface area contributed by atoms with Crippen LogP contribution in [0.4, 0.5) is 5.69 Å². The molecule has 144 valence electrons. The third kappa shape index (κ3) is 5.38. The zero-order valence-corrected chi connectivity index (χ0v) is 16.5. The Labute approximate surface area is 160 Å². The van der Waals surface area contributed by atoms with E-state index in [9.17, 15) is 13.2 Å². The molecule has 0 aliphatic carbocycles. The number of sulfonamides is 1. The van der Waals surface area contributed by atoms with Crippen LogP contribution < -0.4 is 5.32 Å². The Bertz CT molecular complexity index is 920. The van der Waals surface area contributed by atoms with Gasteiger partial charge < -0.3 is 5.32 Å². The minimum Gasteiger partial charge on any atom is -0.322 e. The topological polar surface area (TPSA) is 69.7 Å². The van der Waals surface area contributed by atoms with Crippen LogP contribution in [0.25, 0.3) is 0 Å². The van der Waals surface area contributed by atoms with Crippen molar-refractivity contribution in [3.63, 3.8) is 0 Å². The maximum atomic E-state index is 12.5. The Morgan fingerprint density at radius 1 is 1.04 bits per heavy atom. The molecule has 1 amide bonds. The molecule has 7 heteroatoms. The van der Waals surface area contributed by atoms with Gasteiger partial charge in [0.15, 0.2) is 0 Å². The van der Waals surface area contributed by atoms with Gasteiger partial charge in [0.1, 0.15) is 0 Å². The highest BCUT2D eigenvalue weighted by atomic mass is 32.2. The van der Waals surface area contributed by atoms with Gasteiger partial charge in [0.25, 0.3) is 5.91 Å². The first kappa shape index (κ1) is 19.5. The van der Waals surface area contributed by atoms with E-state index >= 15 is 0 Å². The summed E-state index contributed by atoms with van der Waals surface area (Å²) in [6, 6.07) is 15.3. The number of amides is 1. The van der Waals surface area contributed by atoms with Gasteiger partial charge >= 0.3 is 0 Å². The van der Waals surface area contributed by atoms with Crippen molar-refractivity contribution in [1.29, 1.82) is 0 Å². The van der Waals surface area contributed by atoms with Crippen molar-refractivity contribution in [2.45, 2.75) is 13.5 Å². The van der Waals surface area contributed by atoms with E-state index in [1.54, 1.807) is 6.07 Å². The summed E-state index contributed by atoms with van der Waals surface area (Å²) < 4.78 is 24.7. The second-order valence-corrected chi connectivity index (χ2v) is 8.94. The Morgan fingerprint density at radius 2 is 1.74 bits per heavy atom. The van der Waals surface area contributed by atoms with Crippen LogP contribution in [-0.4, -0.2) is 56.0 Å². The molecule has 0 bridgehead atoms. The Morgan fingerprint density at radius 3 is 2.41 bits per heavy atom. The normalized spacial score (nSPS) is 16.2. The minimum absolute atomic E-state index is 0.135. The largest absolute Gasteiger partial charge is 0.322 e. The number of benzene rings is 2. The summed E-state index contributed by atoms with van der Waals surface area (Å²) >= 11 is 0. The molecule has 1 aliphatic heterocycles. The van der Waals surface area contributed by atoms with Gasteiger partial charge in [-0.2, -0.15) is 4.31 Å². The third-order valence-corrected chi connectivity index (χ3v) is 5.97. The molecule has 0 radical (unpaired) electrons. The molecule has 0 unspecified atom stereocenters. The van der Waals surface area contributed by atoms with Crippen LogP contribution >= 0.6 is 0 Å². The van der Waals surface area contributed by atoms with Crippen LogP contribution in [0.3, 0.4) is 0 Å². The fourth-order valence-corrected chi connectivity index (χ4v) is 4.04. The maximum absolute atomic E-state index is 12.5. The summed E-state index contributed by atoms with van der Waals surface area (Å²) in [6.07, 6.45) is 1.25. The highest BCUT2D eigenvalue weighted by Crippen LogP contribution is 2.15. The molecule has 6 nitrogen and oxygen atoms in total. The van der Waals surface area contributed by atoms with E-state index in [2.05, 4.69) is 10.2 Å². The fourth-order valence-electron chi connectivity index (χ4n) is 3.21. The number of piperazine rings is 1. The first-order valence-corrected chi connectivity index (χ1v) is 10.8. The number of hydrogen-bond acceptors (Lipinski definition) is 4. The number of nitrogens with zero attached hydrogens (tertiary/aromatic N) is 2. The second kappa shape index (κ2) is 8.21. The summed E-state index contributed by atoms with van der Waals surface area (Å²) in [5.74, 6) is -0.135. The monoisotopic (exact) mass is 387 g/mol. The van der Waals surface area contributed by atoms with Crippen molar-refractivity contribution in [3.05, 3.63) is 65.2 Å². The number of carbonyl (C=O) groups is 1. The van der Waals surface area contributed by atoms with E-state index in [0.29, 0.717) is 38.3 Å². The van der Waals surface area contributed by atoms with Crippen molar-refractivity contribution >= 4 is 21.6 Å². The van der Waals surface area contributed by atoms with Crippen LogP contribution in [0.15, 0.2) is 48.5 Å². The fraction of sp³-hybridized carbons (Fsp3) is 0.350. The summed E-state index contributed by atoms with van der Waals surface area (Å²) in [4.78, 5) is 14.7. The Kier molecular flexibility index (Phi) is 5.94. The first-order chi connectivity index (χ1) is 12.8. The molecule has 3 rings (SSSR count). The average molecular weight is 388 g/mol. The summed E-state index contributed by atoms with van der Waals surface area (Å²) in [7, 11) is -3.12. The molecule has 1 N–H and O–H groups in total. The van der Waals surface area contributed by atoms with Crippen molar-refractivity contribution < 1.29 is 13.2 Å². The molecule has 0 spiro atoms. The van der Waals surface area contributed by atoms with Gasteiger partial charge in [-0.25, -0.2) is 8.42 Å². The molecule has 1 saturated heterocycles. The predicted molar refractivity (Wildman–Crippen MR) is 107 cm³/mol. The van der Waals surface area contributed by atoms with Gasteiger partial charge in [-0.05, 0) is 42.3 Å². The molecule has 1 fully saturated rings. The number of hydrogen-bond donors (Lipinski definition) is 1. The average Bonchev–Trinajstić information content (AvgIpc) is 2.62. The SMILES string of the molecule is Cc1cccc(NC(=O)c2cccc(CN3CCN(S(C)(=O)=O)CC3)c2)c1. The van der Waals surface area contributed by atoms with Gasteiger partial charge in [-0.1, -0.05) is 24.3 Å². The van der Waals surface area contributed by atoms with Gasteiger partial charge in [0.05, 0.1) is 6.26 Å². The van der Waals surface area contributed by atoms with Crippen molar-refractivity contribution in [1.82, 2.24) is 9.21 Å². The molecule has 2 aromatic carbocycles.